The van der Waals surface area contributed by atoms with Crippen LogP contribution in [0.2, 0.25) is 0 Å². The van der Waals surface area contributed by atoms with E-state index in [9.17, 15) is 24.4 Å². The molecule has 1 fully saturated rings. The molecule has 6 N–H and O–H groups in total. The lowest BCUT2D eigenvalue weighted by molar-refractivity contribution is -0.282. The minimum atomic E-state index is -5.20. The number of esters is 2. The lowest BCUT2D eigenvalue weighted by atomic mass is 9.99. The Hall–Kier alpha value is -2.90. The molecule has 1 saturated heterocycles. The van der Waals surface area contributed by atoms with E-state index in [0.717, 1.165) is 0 Å². The molecule has 0 radical (unpaired) electrons. The molecule has 1 aromatic carbocycles. The van der Waals surface area contributed by atoms with Gasteiger partial charge in [0.05, 0.1) is 11.1 Å². The van der Waals surface area contributed by atoms with Crippen molar-refractivity contribution in [3.05, 3.63) is 59.9 Å². The average molecular weight is 484 g/mol. The topological polar surface area (TPSA) is 208 Å². The summed E-state index contributed by atoms with van der Waals surface area (Å²) in [5.41, 5.74) is 5.82. The van der Waals surface area contributed by atoms with Gasteiger partial charge in [-0.25, -0.2) is 14.2 Å². The normalized spacial score (nSPS) is 25.3. The number of carbonyl (C=O) groups excluding carboxylic acids is 2. The summed E-state index contributed by atoms with van der Waals surface area (Å²) >= 11 is 0. The molecule has 13 nitrogen and oxygen atoms in total. The van der Waals surface area contributed by atoms with Crippen LogP contribution in [0, 0.1) is 0 Å². The van der Waals surface area contributed by atoms with Crippen LogP contribution < -0.4 is 5.73 Å². The Morgan fingerprint density at radius 3 is 2.45 bits per heavy atom. The van der Waals surface area contributed by atoms with Crippen molar-refractivity contribution >= 4 is 25.4 Å². The lowest BCUT2D eigenvalue weighted by Crippen LogP contribution is -2.60. The molecule has 1 aliphatic heterocycles. The third-order valence-electron chi connectivity index (χ3n) is 4.58. The maximum atomic E-state index is 12.5. The van der Waals surface area contributed by atoms with Crippen LogP contribution in [0.25, 0.3) is 0 Å². The summed E-state index contributed by atoms with van der Waals surface area (Å²) in [6.45, 7) is -0.635. The highest BCUT2D eigenvalue weighted by molar-refractivity contribution is 7.46. The Labute approximate surface area is 186 Å². The van der Waals surface area contributed by atoms with Gasteiger partial charge in [-0.3, -0.25) is 9.51 Å². The Morgan fingerprint density at radius 2 is 1.82 bits per heavy atom. The molecule has 0 spiro atoms. The van der Waals surface area contributed by atoms with E-state index >= 15 is 0 Å². The standard InChI is InChI=1S/C19H21N2O11P/c20-12-6-2-1-5-11(12)18(25)31-19-15(23)16(32-33(26,27)28)14(22)13(30-19)9-29-17(24)10-4-3-7-21-8-10/h1-8,13-16,19,22-23H,9,20H2,(H2,26,27,28)/t13-,14-,15-,16+,19+/m1/s1. The van der Waals surface area contributed by atoms with E-state index in [4.69, 9.17) is 29.7 Å². The van der Waals surface area contributed by atoms with Crippen LogP contribution in [0.15, 0.2) is 48.8 Å². The molecule has 2 heterocycles. The number of hydrogen-bond donors (Lipinski definition) is 5. The number of aromatic nitrogens is 1. The zero-order valence-electron chi connectivity index (χ0n) is 16.8. The molecule has 0 saturated carbocycles. The second-order valence-electron chi connectivity index (χ2n) is 6.92. The molecule has 1 aliphatic rings. The number of ether oxygens (including phenoxy) is 3. The number of aliphatic hydroxyl groups excluding tert-OH is 2. The Bertz CT molecular complexity index is 1030. The van der Waals surface area contributed by atoms with Crippen molar-refractivity contribution in [1.29, 1.82) is 0 Å². The maximum absolute atomic E-state index is 12.5. The molecule has 3 rings (SSSR count). The summed E-state index contributed by atoms with van der Waals surface area (Å²) in [6.07, 6.45) is -6.49. The smallest absolute Gasteiger partial charge is 0.459 e. The van der Waals surface area contributed by atoms with Crippen molar-refractivity contribution in [2.45, 2.75) is 30.7 Å². The molecule has 0 unspecified atom stereocenters. The van der Waals surface area contributed by atoms with Gasteiger partial charge in [0.25, 0.3) is 0 Å². The minimum Gasteiger partial charge on any atom is -0.459 e. The number of anilines is 1. The number of phosphoric ester groups is 1. The number of rotatable bonds is 7. The van der Waals surface area contributed by atoms with E-state index in [2.05, 4.69) is 9.51 Å². The Kier molecular flexibility index (Phi) is 7.76. The number of nitrogen functional groups attached to an aromatic ring is 1. The zero-order valence-corrected chi connectivity index (χ0v) is 17.7. The molecular weight excluding hydrogens is 463 g/mol. The summed E-state index contributed by atoms with van der Waals surface area (Å²) < 4.78 is 31.3. The van der Waals surface area contributed by atoms with Gasteiger partial charge >= 0.3 is 19.8 Å². The van der Waals surface area contributed by atoms with Gasteiger partial charge in [-0.2, -0.15) is 0 Å². The van der Waals surface area contributed by atoms with Crippen molar-refractivity contribution in [2.24, 2.45) is 0 Å². The molecule has 178 valence electrons. The second-order valence-corrected chi connectivity index (χ2v) is 8.11. The number of carbonyl (C=O) groups is 2. The van der Waals surface area contributed by atoms with Crippen molar-refractivity contribution in [1.82, 2.24) is 4.98 Å². The first-order valence-electron chi connectivity index (χ1n) is 9.45. The number of aliphatic hydroxyl groups is 2. The Morgan fingerprint density at radius 1 is 1.09 bits per heavy atom. The van der Waals surface area contributed by atoms with Gasteiger partial charge in [0.2, 0.25) is 6.29 Å². The fraction of sp³-hybridized carbons (Fsp3) is 0.316. The van der Waals surface area contributed by atoms with Crippen LogP contribution in [0.4, 0.5) is 5.69 Å². The van der Waals surface area contributed by atoms with E-state index < -0.39 is 57.1 Å². The predicted molar refractivity (Wildman–Crippen MR) is 108 cm³/mol. The van der Waals surface area contributed by atoms with Gasteiger partial charge < -0.3 is 39.9 Å². The second kappa shape index (κ2) is 10.4. The maximum Gasteiger partial charge on any atom is 0.470 e. The number of hydrogen-bond acceptors (Lipinski definition) is 11. The molecule has 0 bridgehead atoms. The van der Waals surface area contributed by atoms with Gasteiger partial charge in [-0.15, -0.1) is 0 Å². The van der Waals surface area contributed by atoms with E-state index in [1.165, 1.54) is 42.7 Å². The third-order valence-corrected chi connectivity index (χ3v) is 5.10. The SMILES string of the molecule is Nc1ccccc1C(=O)O[C@@H]1O[C@H](COC(=O)c2cccnc2)[C@@H](O)[C@H](OP(=O)(O)O)[C@H]1O. The molecule has 5 atom stereocenters. The summed E-state index contributed by atoms with van der Waals surface area (Å²) in [5, 5.41) is 20.9. The molecule has 0 aliphatic carbocycles. The fourth-order valence-corrected chi connectivity index (χ4v) is 3.56. The van der Waals surface area contributed by atoms with E-state index in [0.29, 0.717) is 0 Å². The summed E-state index contributed by atoms with van der Waals surface area (Å²) in [6, 6.07) is 8.77. The summed E-state index contributed by atoms with van der Waals surface area (Å²) in [7, 11) is -5.20. The van der Waals surface area contributed by atoms with Crippen LogP contribution in [-0.4, -0.2) is 74.2 Å². The van der Waals surface area contributed by atoms with Crippen LogP contribution in [0.5, 0.6) is 0 Å². The number of phosphoric acid groups is 1. The largest absolute Gasteiger partial charge is 0.470 e. The highest BCUT2D eigenvalue weighted by atomic mass is 31.2. The highest BCUT2D eigenvalue weighted by Gasteiger charge is 2.50. The monoisotopic (exact) mass is 484 g/mol. The van der Waals surface area contributed by atoms with E-state index in [1.54, 1.807) is 6.07 Å². The first-order chi connectivity index (χ1) is 15.6. The number of benzene rings is 1. The van der Waals surface area contributed by atoms with Crippen LogP contribution in [-0.2, 0) is 23.3 Å². The van der Waals surface area contributed by atoms with Crippen LogP contribution >= 0.6 is 7.82 Å². The van der Waals surface area contributed by atoms with Crippen molar-refractivity contribution in [3.63, 3.8) is 0 Å². The van der Waals surface area contributed by atoms with Crippen molar-refractivity contribution < 1.29 is 52.9 Å². The third kappa shape index (κ3) is 6.33. The number of nitrogens with zero attached hydrogens (tertiary/aromatic N) is 1. The fourth-order valence-electron chi connectivity index (χ4n) is 3.00. The molecule has 2 aromatic rings. The van der Waals surface area contributed by atoms with Crippen molar-refractivity contribution in [2.75, 3.05) is 12.3 Å². The van der Waals surface area contributed by atoms with E-state index in [1.807, 2.05) is 0 Å². The molecule has 14 heteroatoms. The number of nitrogens with two attached hydrogens (primary N) is 1. The first-order valence-corrected chi connectivity index (χ1v) is 11.0. The Balaban J connectivity index is 1.77. The minimum absolute atomic E-state index is 0.0635. The van der Waals surface area contributed by atoms with Gasteiger partial charge in [-0.1, -0.05) is 12.1 Å². The molecule has 1 aromatic heterocycles. The van der Waals surface area contributed by atoms with Crippen LogP contribution in [0.3, 0.4) is 0 Å². The van der Waals surface area contributed by atoms with Crippen LogP contribution in [0.1, 0.15) is 20.7 Å². The first kappa shape index (κ1) is 24.7. The molecule has 33 heavy (non-hydrogen) atoms. The zero-order chi connectivity index (χ0) is 24.2. The highest BCUT2D eigenvalue weighted by Crippen LogP contribution is 2.41. The lowest BCUT2D eigenvalue weighted by Gasteiger charge is -2.41. The van der Waals surface area contributed by atoms with Gasteiger partial charge in [0.15, 0.2) is 0 Å². The van der Waals surface area contributed by atoms with Crippen molar-refractivity contribution in [3.8, 4) is 0 Å². The average Bonchev–Trinajstić information content (AvgIpc) is 2.77. The van der Waals surface area contributed by atoms with Gasteiger partial charge in [-0.05, 0) is 24.3 Å². The molecular formula is C19H21N2O11P. The molecule has 0 amide bonds. The van der Waals surface area contributed by atoms with Gasteiger partial charge in [0, 0.05) is 18.1 Å². The summed E-state index contributed by atoms with van der Waals surface area (Å²) in [4.78, 5) is 46.7. The quantitative estimate of drug-likeness (QED) is 0.193. The van der Waals surface area contributed by atoms with E-state index in [-0.39, 0.29) is 16.8 Å². The number of para-hydroxylation sites is 1. The predicted octanol–water partition coefficient (Wildman–Crippen LogP) is -0.398. The van der Waals surface area contributed by atoms with Gasteiger partial charge in [0.1, 0.15) is 31.0 Å². The summed E-state index contributed by atoms with van der Waals surface area (Å²) in [5.74, 6) is -1.85. The number of pyridine rings is 1.